The van der Waals surface area contributed by atoms with E-state index in [9.17, 15) is 8.60 Å². The van der Waals surface area contributed by atoms with Crippen LogP contribution in [0.2, 0.25) is 5.02 Å². The molecular formula is C12H11ClFNOS. The van der Waals surface area contributed by atoms with Gasteiger partial charge in [0.2, 0.25) is 0 Å². The monoisotopic (exact) mass is 271 g/mol. The van der Waals surface area contributed by atoms with Crippen molar-refractivity contribution in [2.45, 2.75) is 24.2 Å². The molecule has 1 aliphatic carbocycles. The minimum atomic E-state index is -1.21. The van der Waals surface area contributed by atoms with E-state index in [-0.39, 0.29) is 10.4 Å². The summed E-state index contributed by atoms with van der Waals surface area (Å²) in [5.41, 5.74) is -0.0829. The lowest BCUT2D eigenvalue weighted by Gasteiger charge is -2.10. The van der Waals surface area contributed by atoms with Crippen molar-refractivity contribution in [1.29, 1.82) is 5.26 Å². The van der Waals surface area contributed by atoms with Crippen molar-refractivity contribution < 1.29 is 8.60 Å². The van der Waals surface area contributed by atoms with E-state index in [1.54, 1.807) is 0 Å². The van der Waals surface area contributed by atoms with E-state index in [4.69, 9.17) is 16.9 Å². The van der Waals surface area contributed by atoms with Gasteiger partial charge < -0.3 is 0 Å². The highest BCUT2D eigenvalue weighted by Gasteiger charge is 2.43. The maximum absolute atomic E-state index is 13.0. The zero-order valence-corrected chi connectivity index (χ0v) is 10.7. The highest BCUT2D eigenvalue weighted by Crippen LogP contribution is 2.49. The lowest BCUT2D eigenvalue weighted by molar-refractivity contribution is 0.587. The Hall–Kier alpha value is -0.920. The van der Waals surface area contributed by atoms with Gasteiger partial charge in [-0.25, -0.2) is 4.39 Å². The normalized spacial score (nSPS) is 18.4. The fraction of sp³-hybridized carbons (Fsp3) is 0.417. The quantitative estimate of drug-likeness (QED) is 0.843. The first kappa shape index (κ1) is 12.5. The van der Waals surface area contributed by atoms with Crippen molar-refractivity contribution in [2.75, 3.05) is 5.75 Å². The molecule has 1 unspecified atom stereocenters. The van der Waals surface area contributed by atoms with Crippen LogP contribution in [0.1, 0.15) is 19.3 Å². The van der Waals surface area contributed by atoms with E-state index >= 15 is 0 Å². The summed E-state index contributed by atoms with van der Waals surface area (Å²) in [5, 5.41) is 8.67. The van der Waals surface area contributed by atoms with Crippen molar-refractivity contribution in [3.8, 4) is 6.07 Å². The number of halogens is 2. The van der Waals surface area contributed by atoms with E-state index in [1.807, 2.05) is 0 Å². The van der Waals surface area contributed by atoms with Gasteiger partial charge in [0, 0.05) is 17.1 Å². The molecule has 0 aromatic heterocycles. The van der Waals surface area contributed by atoms with Crippen LogP contribution in [-0.2, 0) is 10.8 Å². The number of rotatable bonds is 4. The Morgan fingerprint density at radius 2 is 2.24 bits per heavy atom. The third kappa shape index (κ3) is 2.85. The topological polar surface area (TPSA) is 40.9 Å². The molecule has 0 bridgehead atoms. The van der Waals surface area contributed by atoms with Crippen LogP contribution in [0.25, 0.3) is 0 Å². The Labute approximate surface area is 107 Å². The first-order chi connectivity index (χ1) is 8.06. The SMILES string of the molecule is N#CCC1(CS(=O)c2ccc(F)c(Cl)c2)CC1. The Morgan fingerprint density at radius 3 is 2.76 bits per heavy atom. The fourth-order valence-corrected chi connectivity index (χ4v) is 3.52. The molecule has 2 nitrogen and oxygen atoms in total. The predicted octanol–water partition coefficient (Wildman–Crippen LogP) is 3.28. The van der Waals surface area contributed by atoms with Gasteiger partial charge in [-0.1, -0.05) is 11.6 Å². The Kier molecular flexibility index (Phi) is 3.50. The molecule has 0 aliphatic heterocycles. The molecule has 0 radical (unpaired) electrons. The second kappa shape index (κ2) is 4.75. The highest BCUT2D eigenvalue weighted by molar-refractivity contribution is 7.85. The number of hydrogen-bond donors (Lipinski definition) is 0. The summed E-state index contributed by atoms with van der Waals surface area (Å²) in [6.45, 7) is 0. The molecule has 90 valence electrons. The van der Waals surface area contributed by atoms with Gasteiger partial charge in [-0.3, -0.25) is 4.21 Å². The molecule has 0 heterocycles. The van der Waals surface area contributed by atoms with Crippen molar-refractivity contribution in [3.05, 3.63) is 29.0 Å². The lowest BCUT2D eigenvalue weighted by atomic mass is 10.1. The van der Waals surface area contributed by atoms with Gasteiger partial charge in [-0.05, 0) is 36.5 Å². The standard InChI is InChI=1S/C12H11ClFNOS/c13-10-7-9(1-2-11(10)14)17(16)8-12(3-4-12)5-6-15/h1-2,7H,3-5,8H2. The van der Waals surface area contributed by atoms with Crippen LogP contribution in [0.4, 0.5) is 4.39 Å². The summed E-state index contributed by atoms with van der Waals surface area (Å²) in [6, 6.07) is 6.23. The lowest BCUT2D eigenvalue weighted by Crippen LogP contribution is -2.11. The molecule has 1 atom stereocenters. The Bertz CT molecular complexity index is 508. The number of nitrogens with zero attached hydrogens (tertiary/aromatic N) is 1. The molecule has 0 spiro atoms. The Morgan fingerprint density at radius 1 is 1.53 bits per heavy atom. The van der Waals surface area contributed by atoms with Crippen LogP contribution in [-0.4, -0.2) is 9.96 Å². The Balaban J connectivity index is 2.10. The van der Waals surface area contributed by atoms with Crippen LogP contribution in [0.3, 0.4) is 0 Å². The average molecular weight is 272 g/mol. The van der Waals surface area contributed by atoms with Crippen LogP contribution in [0.5, 0.6) is 0 Å². The molecule has 1 aromatic carbocycles. The van der Waals surface area contributed by atoms with E-state index < -0.39 is 16.6 Å². The van der Waals surface area contributed by atoms with Gasteiger partial charge in [-0.15, -0.1) is 0 Å². The van der Waals surface area contributed by atoms with Crippen LogP contribution in [0, 0.1) is 22.6 Å². The summed E-state index contributed by atoms with van der Waals surface area (Å²) >= 11 is 5.64. The van der Waals surface area contributed by atoms with E-state index in [2.05, 4.69) is 6.07 Å². The molecule has 1 aromatic rings. The maximum atomic E-state index is 13.0. The first-order valence-corrected chi connectivity index (χ1v) is 6.96. The van der Waals surface area contributed by atoms with Crippen LogP contribution < -0.4 is 0 Å². The molecule has 1 aliphatic rings. The van der Waals surface area contributed by atoms with Crippen LogP contribution in [0.15, 0.2) is 23.1 Å². The summed E-state index contributed by atoms with van der Waals surface area (Å²) in [6.07, 6.45) is 2.33. The summed E-state index contributed by atoms with van der Waals surface area (Å²) < 4.78 is 25.0. The molecular weight excluding hydrogens is 261 g/mol. The van der Waals surface area contributed by atoms with Crippen molar-refractivity contribution in [2.24, 2.45) is 5.41 Å². The average Bonchev–Trinajstić information content (AvgIpc) is 3.02. The minimum Gasteiger partial charge on any atom is -0.254 e. The highest BCUT2D eigenvalue weighted by atomic mass is 35.5. The summed E-state index contributed by atoms with van der Waals surface area (Å²) in [4.78, 5) is 0.528. The smallest absolute Gasteiger partial charge is 0.141 e. The van der Waals surface area contributed by atoms with Gasteiger partial charge in [0.25, 0.3) is 0 Å². The molecule has 17 heavy (non-hydrogen) atoms. The first-order valence-electron chi connectivity index (χ1n) is 5.27. The van der Waals surface area contributed by atoms with Crippen molar-refractivity contribution >= 4 is 22.4 Å². The minimum absolute atomic E-state index is 0.0130. The molecule has 0 N–H and O–H groups in total. The summed E-state index contributed by atoms with van der Waals surface area (Å²) in [5.74, 6) is -0.0479. The predicted molar refractivity (Wildman–Crippen MR) is 64.6 cm³/mol. The zero-order chi connectivity index (χ0) is 12.5. The van der Waals surface area contributed by atoms with E-state index in [1.165, 1.54) is 18.2 Å². The zero-order valence-electron chi connectivity index (χ0n) is 9.08. The number of nitriles is 1. The van der Waals surface area contributed by atoms with Crippen LogP contribution >= 0.6 is 11.6 Å². The van der Waals surface area contributed by atoms with Gasteiger partial charge >= 0.3 is 0 Å². The van der Waals surface area contributed by atoms with Gasteiger partial charge in [0.05, 0.1) is 21.9 Å². The third-order valence-electron chi connectivity index (χ3n) is 3.00. The van der Waals surface area contributed by atoms with Crippen molar-refractivity contribution in [1.82, 2.24) is 0 Å². The van der Waals surface area contributed by atoms with E-state index in [0.717, 1.165) is 12.8 Å². The molecule has 2 rings (SSSR count). The van der Waals surface area contributed by atoms with Crippen molar-refractivity contribution in [3.63, 3.8) is 0 Å². The van der Waals surface area contributed by atoms with Gasteiger partial charge in [0.15, 0.2) is 0 Å². The maximum Gasteiger partial charge on any atom is 0.141 e. The number of hydrogen-bond acceptors (Lipinski definition) is 2. The second-order valence-electron chi connectivity index (χ2n) is 4.40. The molecule has 1 saturated carbocycles. The summed E-state index contributed by atoms with van der Waals surface area (Å²) in [7, 11) is -1.21. The second-order valence-corrected chi connectivity index (χ2v) is 6.26. The largest absolute Gasteiger partial charge is 0.254 e. The fourth-order valence-electron chi connectivity index (χ4n) is 1.70. The molecule has 0 saturated heterocycles. The molecule has 5 heteroatoms. The third-order valence-corrected chi connectivity index (χ3v) is 4.95. The molecule has 0 amide bonds. The van der Waals surface area contributed by atoms with E-state index in [0.29, 0.717) is 17.1 Å². The van der Waals surface area contributed by atoms with Gasteiger partial charge in [0.1, 0.15) is 5.82 Å². The van der Waals surface area contributed by atoms with Gasteiger partial charge in [-0.2, -0.15) is 5.26 Å². The number of benzene rings is 1. The molecule has 1 fully saturated rings.